The van der Waals surface area contributed by atoms with Crippen LogP contribution in [0.3, 0.4) is 0 Å². The molecule has 26 heavy (non-hydrogen) atoms. The minimum Gasteiger partial charge on any atom is -0.473 e. The highest BCUT2D eigenvalue weighted by molar-refractivity contribution is 6.99. The molecule has 1 unspecified atom stereocenters. The number of aliphatic hydroxyl groups excluding tert-OH is 1. The first kappa shape index (κ1) is 22.1. The summed E-state index contributed by atoms with van der Waals surface area (Å²) in [4.78, 5) is 22.2. The van der Waals surface area contributed by atoms with Crippen LogP contribution >= 0.6 is 11.7 Å². The van der Waals surface area contributed by atoms with E-state index in [2.05, 4.69) is 19.4 Å². The van der Waals surface area contributed by atoms with Crippen LogP contribution in [0.1, 0.15) is 32.9 Å². The molecule has 0 saturated carbocycles. The molecule has 1 aromatic rings. The number of amides is 2. The Kier molecular flexibility index (Phi) is 9.24. The number of nitrogens with one attached hydrogen (secondary N) is 2. The van der Waals surface area contributed by atoms with Gasteiger partial charge in [0, 0.05) is 25.0 Å². The Bertz CT molecular complexity index is 581. The third-order valence-corrected chi connectivity index (χ3v) is 3.88. The van der Waals surface area contributed by atoms with Gasteiger partial charge in [-0.15, -0.1) is 4.37 Å². The lowest BCUT2D eigenvalue weighted by Gasteiger charge is -2.27. The number of nitrogens with zero attached hydrogens (tertiary/aromatic N) is 2. The van der Waals surface area contributed by atoms with Gasteiger partial charge in [-0.3, -0.25) is 4.79 Å². The summed E-state index contributed by atoms with van der Waals surface area (Å²) in [7, 11) is 0. The zero-order valence-electron chi connectivity index (χ0n) is 15.3. The number of ether oxygens (including phenoxy) is 2. The molecule has 148 valence electrons. The van der Waals surface area contributed by atoms with E-state index >= 15 is 0 Å². The monoisotopic (exact) mass is 389 g/mol. The SMILES string of the molecule is CCOC(=O)CCc1nsnc1OCC(O)CNC(C)(C)CNC(N)=O. The van der Waals surface area contributed by atoms with E-state index in [4.69, 9.17) is 15.2 Å². The van der Waals surface area contributed by atoms with Crippen molar-refractivity contribution in [1.82, 2.24) is 19.4 Å². The third kappa shape index (κ3) is 8.92. The number of hydrogen-bond acceptors (Lipinski definition) is 9. The van der Waals surface area contributed by atoms with E-state index in [0.717, 1.165) is 11.7 Å². The zero-order valence-corrected chi connectivity index (χ0v) is 16.1. The van der Waals surface area contributed by atoms with Crippen molar-refractivity contribution in [3.8, 4) is 5.88 Å². The standard InChI is InChI=1S/C15H27N5O5S/c1-4-24-12(22)6-5-11-13(20-26-19-11)25-8-10(21)7-18-15(2,3)9-17-14(16)23/h10,18,21H,4-9H2,1-3H3,(H3,16,17,23). The number of urea groups is 1. The van der Waals surface area contributed by atoms with Crippen molar-refractivity contribution in [2.75, 3.05) is 26.3 Å². The molecular formula is C15H27N5O5S. The Morgan fingerprint density at radius 1 is 1.38 bits per heavy atom. The van der Waals surface area contributed by atoms with E-state index in [-0.39, 0.29) is 25.5 Å². The second-order valence-electron chi connectivity index (χ2n) is 6.27. The van der Waals surface area contributed by atoms with Crippen molar-refractivity contribution in [3.05, 3.63) is 5.69 Å². The zero-order chi connectivity index (χ0) is 19.6. The molecule has 0 bridgehead atoms. The molecule has 10 nitrogen and oxygen atoms in total. The van der Waals surface area contributed by atoms with Crippen LogP contribution in [-0.2, 0) is 16.0 Å². The highest BCUT2D eigenvalue weighted by atomic mass is 32.1. The number of nitrogens with two attached hydrogens (primary N) is 1. The van der Waals surface area contributed by atoms with E-state index in [1.54, 1.807) is 6.92 Å². The fourth-order valence-corrected chi connectivity index (χ4v) is 2.45. The fraction of sp³-hybridized carbons (Fsp3) is 0.733. The summed E-state index contributed by atoms with van der Waals surface area (Å²) in [6.45, 7) is 6.42. The number of primary amides is 1. The van der Waals surface area contributed by atoms with E-state index < -0.39 is 17.7 Å². The molecule has 1 aromatic heterocycles. The Hall–Kier alpha value is -1.98. The van der Waals surface area contributed by atoms with Crippen molar-refractivity contribution in [2.24, 2.45) is 5.73 Å². The second kappa shape index (κ2) is 10.9. The van der Waals surface area contributed by atoms with Gasteiger partial charge in [-0.25, -0.2) is 4.79 Å². The van der Waals surface area contributed by atoms with E-state index in [9.17, 15) is 14.7 Å². The first-order valence-electron chi connectivity index (χ1n) is 8.29. The topological polar surface area (TPSA) is 149 Å². The maximum Gasteiger partial charge on any atom is 0.312 e. The Morgan fingerprint density at radius 2 is 2.12 bits per heavy atom. The molecule has 5 N–H and O–H groups in total. The number of aliphatic hydroxyl groups is 1. The van der Waals surface area contributed by atoms with Crippen molar-refractivity contribution in [1.29, 1.82) is 0 Å². The van der Waals surface area contributed by atoms with Crippen LogP contribution in [0.5, 0.6) is 5.88 Å². The maximum absolute atomic E-state index is 11.4. The van der Waals surface area contributed by atoms with Gasteiger partial charge in [-0.2, -0.15) is 4.37 Å². The first-order chi connectivity index (χ1) is 12.2. The molecule has 0 aliphatic carbocycles. The number of carbonyl (C=O) groups is 2. The second-order valence-corrected chi connectivity index (χ2v) is 6.80. The average Bonchev–Trinajstić information content (AvgIpc) is 3.02. The number of carbonyl (C=O) groups excluding carboxylic acids is 2. The van der Waals surface area contributed by atoms with Gasteiger partial charge in [0.1, 0.15) is 18.4 Å². The van der Waals surface area contributed by atoms with E-state index in [0.29, 0.717) is 31.1 Å². The Morgan fingerprint density at radius 3 is 2.77 bits per heavy atom. The molecule has 0 fully saturated rings. The minimum absolute atomic E-state index is 0.0180. The number of rotatable bonds is 12. The van der Waals surface area contributed by atoms with Crippen LogP contribution in [0.2, 0.25) is 0 Å². The number of esters is 1. The summed E-state index contributed by atoms with van der Waals surface area (Å²) in [5, 5.41) is 15.7. The predicted octanol–water partition coefficient (Wildman–Crippen LogP) is -0.190. The van der Waals surface area contributed by atoms with Gasteiger partial charge in [0.25, 0.3) is 0 Å². The van der Waals surface area contributed by atoms with Crippen LogP contribution in [0.15, 0.2) is 0 Å². The van der Waals surface area contributed by atoms with Crippen LogP contribution < -0.4 is 21.1 Å². The summed E-state index contributed by atoms with van der Waals surface area (Å²) in [6.07, 6.45) is -0.228. The van der Waals surface area contributed by atoms with Crippen LogP contribution in [0, 0.1) is 0 Å². The van der Waals surface area contributed by atoms with Gasteiger partial charge >= 0.3 is 12.0 Å². The molecule has 0 spiro atoms. The normalized spacial score (nSPS) is 12.5. The molecule has 1 heterocycles. The van der Waals surface area contributed by atoms with E-state index in [1.165, 1.54) is 0 Å². The van der Waals surface area contributed by atoms with Crippen LogP contribution in [0.25, 0.3) is 0 Å². The first-order valence-corrected chi connectivity index (χ1v) is 9.02. The molecule has 1 atom stereocenters. The molecule has 1 rings (SSSR count). The van der Waals surface area contributed by atoms with Gasteiger partial charge in [0.05, 0.1) is 24.8 Å². The lowest BCUT2D eigenvalue weighted by Crippen LogP contribution is -2.52. The van der Waals surface area contributed by atoms with Gasteiger partial charge in [-0.1, -0.05) is 0 Å². The van der Waals surface area contributed by atoms with Crippen molar-refractivity contribution in [2.45, 2.75) is 45.3 Å². The van der Waals surface area contributed by atoms with Gasteiger partial charge < -0.3 is 30.9 Å². The number of hydrogen-bond donors (Lipinski definition) is 4. The molecule has 0 aliphatic heterocycles. The minimum atomic E-state index is -0.789. The Labute approximate surface area is 156 Å². The molecule has 0 radical (unpaired) electrons. The highest BCUT2D eigenvalue weighted by Gasteiger charge is 2.20. The fourth-order valence-electron chi connectivity index (χ4n) is 1.91. The number of aryl methyl sites for hydroxylation is 1. The van der Waals surface area contributed by atoms with Crippen molar-refractivity contribution < 1.29 is 24.2 Å². The quantitative estimate of drug-likeness (QED) is 0.359. The van der Waals surface area contributed by atoms with Crippen LogP contribution in [0.4, 0.5) is 4.79 Å². The number of β-amino-alcohol motifs (C(OH)–C–C–N with tert-alkyl or cyclic N) is 1. The van der Waals surface area contributed by atoms with Crippen molar-refractivity contribution >= 4 is 23.7 Å². The van der Waals surface area contributed by atoms with Crippen molar-refractivity contribution in [3.63, 3.8) is 0 Å². The summed E-state index contributed by atoms with van der Waals surface area (Å²) >= 11 is 0.983. The van der Waals surface area contributed by atoms with Crippen LogP contribution in [-0.4, -0.2) is 63.8 Å². The Balaban J connectivity index is 2.36. The van der Waals surface area contributed by atoms with Gasteiger partial charge in [0.15, 0.2) is 0 Å². The molecule has 2 amide bonds. The van der Waals surface area contributed by atoms with Gasteiger partial charge in [-0.05, 0) is 20.8 Å². The summed E-state index contributed by atoms with van der Waals surface area (Å²) in [5.41, 5.74) is 5.17. The average molecular weight is 389 g/mol. The molecular weight excluding hydrogens is 362 g/mol. The maximum atomic E-state index is 11.4. The summed E-state index contributed by atoms with van der Waals surface area (Å²) < 4.78 is 18.5. The summed E-state index contributed by atoms with van der Waals surface area (Å²) in [6, 6.07) is -0.602. The van der Waals surface area contributed by atoms with E-state index in [1.807, 2.05) is 13.8 Å². The largest absolute Gasteiger partial charge is 0.473 e. The smallest absolute Gasteiger partial charge is 0.312 e. The molecule has 11 heteroatoms. The highest BCUT2D eigenvalue weighted by Crippen LogP contribution is 2.17. The predicted molar refractivity (Wildman–Crippen MR) is 96.0 cm³/mol. The molecule has 0 aromatic carbocycles. The third-order valence-electron chi connectivity index (χ3n) is 3.33. The number of aromatic nitrogens is 2. The lowest BCUT2D eigenvalue weighted by atomic mass is 10.1. The van der Waals surface area contributed by atoms with Gasteiger partial charge in [0.2, 0.25) is 5.88 Å². The summed E-state index contributed by atoms with van der Waals surface area (Å²) in [5.74, 6) is 0.00971. The molecule has 0 aliphatic rings. The molecule has 0 saturated heterocycles. The lowest BCUT2D eigenvalue weighted by molar-refractivity contribution is -0.143.